The highest BCUT2D eigenvalue weighted by atomic mass is 35.5. The summed E-state index contributed by atoms with van der Waals surface area (Å²) < 4.78 is 0. The second kappa shape index (κ2) is 4.83. The molecule has 3 rings (SSSR count). The molecule has 0 radical (unpaired) electrons. The van der Waals surface area contributed by atoms with Gasteiger partial charge < -0.3 is 0 Å². The van der Waals surface area contributed by atoms with Gasteiger partial charge in [0.1, 0.15) is 0 Å². The fourth-order valence-electron chi connectivity index (χ4n) is 3.03. The molecule has 1 aromatic carbocycles. The third kappa shape index (κ3) is 2.41. The molecule has 1 aliphatic carbocycles. The van der Waals surface area contributed by atoms with Crippen LogP contribution >= 0.6 is 11.6 Å². The summed E-state index contributed by atoms with van der Waals surface area (Å²) in [6.07, 6.45) is 8.28. The molecule has 0 spiro atoms. The lowest BCUT2D eigenvalue weighted by Gasteiger charge is -2.26. The Bertz CT molecular complexity index is 439. The maximum absolute atomic E-state index is 6.04. The van der Waals surface area contributed by atoms with E-state index < -0.39 is 0 Å². The molecule has 0 bridgehead atoms. The van der Waals surface area contributed by atoms with Gasteiger partial charge in [-0.2, -0.15) is 0 Å². The van der Waals surface area contributed by atoms with Gasteiger partial charge in [0.05, 0.1) is 0 Å². The summed E-state index contributed by atoms with van der Waals surface area (Å²) in [5, 5.41) is 0.880. The summed E-state index contributed by atoms with van der Waals surface area (Å²) in [6, 6.07) is 6.41. The molecule has 1 heterocycles. The number of nitrogens with zero attached hydrogens (tertiary/aromatic N) is 1. The number of hydrogen-bond acceptors (Lipinski definition) is 1. The Morgan fingerprint density at radius 3 is 3.06 bits per heavy atom. The number of hydrogen-bond donors (Lipinski definition) is 0. The van der Waals surface area contributed by atoms with E-state index in [4.69, 9.17) is 11.6 Å². The maximum Gasteiger partial charge on any atom is 0.0408 e. The number of fused-ring (bicyclic) bond motifs is 1. The minimum absolute atomic E-state index is 0.716. The molecule has 0 amide bonds. The van der Waals surface area contributed by atoms with E-state index in [2.05, 4.69) is 29.2 Å². The van der Waals surface area contributed by atoms with E-state index in [0.29, 0.717) is 5.92 Å². The van der Waals surface area contributed by atoms with Crippen molar-refractivity contribution >= 4 is 11.6 Å². The van der Waals surface area contributed by atoms with Crippen LogP contribution in [0.2, 0.25) is 5.02 Å². The minimum atomic E-state index is 0.716. The minimum Gasteiger partial charge on any atom is -0.299 e. The molecule has 2 aliphatic rings. The first-order valence-electron chi connectivity index (χ1n) is 6.48. The standard InChI is InChI=1S/C15H18ClN/c16-14-6-7-15-12(10-14)4-5-13(15)11-17-8-2-1-3-9-17/h1-2,6-7,10,13H,3-5,8-9,11H2. The fourth-order valence-corrected chi connectivity index (χ4v) is 3.23. The molecule has 1 aliphatic heterocycles. The molecule has 0 N–H and O–H groups in total. The van der Waals surface area contributed by atoms with Crippen LogP contribution in [0.25, 0.3) is 0 Å². The smallest absolute Gasteiger partial charge is 0.0408 e. The highest BCUT2D eigenvalue weighted by molar-refractivity contribution is 6.30. The van der Waals surface area contributed by atoms with Crippen LogP contribution in [0.3, 0.4) is 0 Å². The van der Waals surface area contributed by atoms with E-state index in [9.17, 15) is 0 Å². The third-order valence-corrected chi connectivity index (χ3v) is 4.16. The predicted molar refractivity (Wildman–Crippen MR) is 72.7 cm³/mol. The van der Waals surface area contributed by atoms with E-state index in [-0.39, 0.29) is 0 Å². The molecule has 0 saturated carbocycles. The van der Waals surface area contributed by atoms with Crippen LogP contribution in [-0.2, 0) is 6.42 Å². The summed E-state index contributed by atoms with van der Waals surface area (Å²) in [5.41, 5.74) is 3.00. The van der Waals surface area contributed by atoms with Gasteiger partial charge >= 0.3 is 0 Å². The Balaban J connectivity index is 1.73. The zero-order valence-electron chi connectivity index (χ0n) is 10.0. The zero-order chi connectivity index (χ0) is 11.7. The average molecular weight is 248 g/mol. The van der Waals surface area contributed by atoms with Gasteiger partial charge in [-0.05, 0) is 48.4 Å². The predicted octanol–water partition coefficient (Wildman–Crippen LogP) is 3.63. The lowest BCUT2D eigenvalue weighted by molar-refractivity contribution is 0.278. The molecule has 0 aromatic heterocycles. The van der Waals surface area contributed by atoms with Crippen molar-refractivity contribution < 1.29 is 0 Å². The maximum atomic E-state index is 6.04. The van der Waals surface area contributed by atoms with Crippen LogP contribution in [0.4, 0.5) is 0 Å². The third-order valence-electron chi connectivity index (χ3n) is 3.93. The van der Waals surface area contributed by atoms with Gasteiger partial charge in [0.25, 0.3) is 0 Å². The highest BCUT2D eigenvalue weighted by Crippen LogP contribution is 2.35. The average Bonchev–Trinajstić information content (AvgIpc) is 2.73. The fraction of sp³-hybridized carbons (Fsp3) is 0.467. The van der Waals surface area contributed by atoms with Crippen molar-refractivity contribution in [1.82, 2.24) is 4.90 Å². The quantitative estimate of drug-likeness (QED) is 0.722. The number of aryl methyl sites for hydroxylation is 1. The van der Waals surface area contributed by atoms with Crippen LogP contribution in [0.15, 0.2) is 30.4 Å². The molecule has 0 saturated heterocycles. The zero-order valence-corrected chi connectivity index (χ0v) is 10.8. The van der Waals surface area contributed by atoms with Crippen molar-refractivity contribution in [3.05, 3.63) is 46.5 Å². The SMILES string of the molecule is Clc1ccc2c(c1)CCC2CN1CC=CCC1. The Morgan fingerprint density at radius 2 is 2.24 bits per heavy atom. The van der Waals surface area contributed by atoms with Crippen LogP contribution in [0.5, 0.6) is 0 Å². The molecule has 1 atom stereocenters. The van der Waals surface area contributed by atoms with Crippen molar-refractivity contribution in [2.75, 3.05) is 19.6 Å². The Morgan fingerprint density at radius 1 is 1.29 bits per heavy atom. The van der Waals surface area contributed by atoms with Crippen LogP contribution in [0, 0.1) is 0 Å². The first kappa shape index (κ1) is 11.3. The molecule has 1 nitrogen and oxygen atoms in total. The Labute approximate surface area is 108 Å². The van der Waals surface area contributed by atoms with Crippen LogP contribution in [0.1, 0.15) is 29.9 Å². The Hall–Kier alpha value is -0.790. The van der Waals surface area contributed by atoms with E-state index in [1.807, 2.05) is 6.07 Å². The first-order chi connectivity index (χ1) is 8.33. The van der Waals surface area contributed by atoms with Gasteiger partial charge in [-0.3, -0.25) is 4.90 Å². The van der Waals surface area contributed by atoms with Gasteiger partial charge in [0.2, 0.25) is 0 Å². The second-order valence-electron chi connectivity index (χ2n) is 5.10. The molecule has 17 heavy (non-hydrogen) atoms. The van der Waals surface area contributed by atoms with Crippen LogP contribution < -0.4 is 0 Å². The second-order valence-corrected chi connectivity index (χ2v) is 5.53. The largest absolute Gasteiger partial charge is 0.299 e. The summed E-state index contributed by atoms with van der Waals surface area (Å²) >= 11 is 6.04. The lowest BCUT2D eigenvalue weighted by Crippen LogP contribution is -2.31. The van der Waals surface area contributed by atoms with Crippen molar-refractivity contribution in [2.45, 2.75) is 25.2 Å². The van der Waals surface area contributed by atoms with Crippen molar-refractivity contribution in [3.8, 4) is 0 Å². The molecule has 2 heteroatoms. The van der Waals surface area contributed by atoms with Gasteiger partial charge in [0, 0.05) is 24.7 Å². The van der Waals surface area contributed by atoms with Crippen molar-refractivity contribution in [3.63, 3.8) is 0 Å². The summed E-state index contributed by atoms with van der Waals surface area (Å²) in [5.74, 6) is 0.716. The molecule has 90 valence electrons. The Kier molecular flexibility index (Phi) is 3.21. The normalized spacial score (nSPS) is 23.9. The molecular weight excluding hydrogens is 230 g/mol. The molecule has 0 fully saturated rings. The first-order valence-corrected chi connectivity index (χ1v) is 6.86. The van der Waals surface area contributed by atoms with E-state index >= 15 is 0 Å². The topological polar surface area (TPSA) is 3.24 Å². The molecule has 1 aromatic rings. The van der Waals surface area contributed by atoms with Gasteiger partial charge in [-0.15, -0.1) is 0 Å². The highest BCUT2D eigenvalue weighted by Gasteiger charge is 2.24. The summed E-state index contributed by atoms with van der Waals surface area (Å²) in [4.78, 5) is 2.56. The molecule has 1 unspecified atom stereocenters. The monoisotopic (exact) mass is 247 g/mol. The van der Waals surface area contributed by atoms with E-state index in [1.54, 1.807) is 0 Å². The van der Waals surface area contributed by atoms with E-state index in [0.717, 1.165) is 11.6 Å². The van der Waals surface area contributed by atoms with E-state index in [1.165, 1.54) is 43.5 Å². The summed E-state index contributed by atoms with van der Waals surface area (Å²) in [7, 11) is 0. The van der Waals surface area contributed by atoms with Crippen LogP contribution in [-0.4, -0.2) is 24.5 Å². The van der Waals surface area contributed by atoms with Gasteiger partial charge in [-0.25, -0.2) is 0 Å². The van der Waals surface area contributed by atoms with Crippen molar-refractivity contribution in [2.24, 2.45) is 0 Å². The van der Waals surface area contributed by atoms with Gasteiger partial charge in [-0.1, -0.05) is 29.8 Å². The number of rotatable bonds is 2. The van der Waals surface area contributed by atoms with Crippen molar-refractivity contribution in [1.29, 1.82) is 0 Å². The lowest BCUT2D eigenvalue weighted by atomic mass is 10.0. The summed E-state index contributed by atoms with van der Waals surface area (Å²) in [6.45, 7) is 3.55. The van der Waals surface area contributed by atoms with Gasteiger partial charge in [0.15, 0.2) is 0 Å². The molecular formula is C15H18ClN. The number of benzene rings is 1. The number of halogens is 1.